The van der Waals surface area contributed by atoms with E-state index in [4.69, 9.17) is 101 Å². The molecular formula is C58H95BrCl4N4O10. The van der Waals surface area contributed by atoms with Crippen molar-refractivity contribution < 1.29 is 49.2 Å². The van der Waals surface area contributed by atoms with Gasteiger partial charge >= 0.3 is 0 Å². The van der Waals surface area contributed by atoms with E-state index in [1.807, 2.05) is 74.5 Å². The molecule has 0 aromatic heterocycles. The van der Waals surface area contributed by atoms with Crippen LogP contribution in [-0.4, -0.2) is 151 Å². The van der Waals surface area contributed by atoms with Crippen LogP contribution >= 0.6 is 63.1 Å². The Bertz CT molecular complexity index is 1670. The molecule has 0 radical (unpaired) electrons. The molecule has 9 N–H and O–H groups in total. The van der Waals surface area contributed by atoms with Gasteiger partial charge in [-0.15, -0.1) is 47.2 Å². The van der Waals surface area contributed by atoms with Gasteiger partial charge in [0, 0.05) is 61.0 Å². The Balaban J connectivity index is -0.000000101. The number of aliphatic hydroxyl groups excluding tert-OH is 5. The number of nitrogens with two attached hydrogens (primary N) is 2. The van der Waals surface area contributed by atoms with Gasteiger partial charge in [0.05, 0.1) is 76.8 Å². The standard InChI is InChI=1S/C19H15Cl.C6H13NO.C6H9NO.C5H9BrO.C5H11NO.C5H10O2.C4H8O2.C4H10O.C2H3N.CH2Cl2.CH4O.ClH/c20-19(16-10-4-1-5-11-16,17-12-6-2-7-13-17)18-14-8-3-9-15-18;2*1-6(3-4-7)5-8-2;1-5(3-6)4-7-2;1-5(4-7)2-3-6;1-5(3-6)4-7-2;1-4(2-5)3-6;1-3-5-4-2;1-2-3;2-1-3;1-2;/h1-15H;1,3-5,7H2,2H3;1,3,5H2,2H3;1,3-4H2,2H3;7H,1-4,6H2;6H,1,3-4H2,2H3;5-6H,1-3H2;3-4H2,1-2H3;1H3;1H2;2H,1H3;1H. The molecule has 0 bridgehead atoms. The number of nitriles is 2. The van der Waals surface area contributed by atoms with Crippen molar-refractivity contribution in [1.29, 1.82) is 10.5 Å². The Labute approximate surface area is 494 Å². The van der Waals surface area contributed by atoms with Crippen LogP contribution in [0.5, 0.6) is 0 Å². The van der Waals surface area contributed by atoms with E-state index >= 15 is 0 Å². The second-order valence-corrected chi connectivity index (χ2v) is 16.2. The van der Waals surface area contributed by atoms with Gasteiger partial charge in [-0.1, -0.05) is 158 Å². The zero-order valence-electron chi connectivity index (χ0n) is 47.2. The van der Waals surface area contributed by atoms with Crippen LogP contribution in [0.3, 0.4) is 0 Å². The number of methoxy groups -OCH3 is 4. The Morgan fingerprint density at radius 2 is 0.831 bits per heavy atom. The minimum absolute atomic E-state index is 0. The Morgan fingerprint density at radius 1 is 0.558 bits per heavy atom. The third-order valence-electron chi connectivity index (χ3n) is 7.73. The summed E-state index contributed by atoms with van der Waals surface area (Å²) in [5, 5.41) is 56.2. The lowest BCUT2D eigenvalue weighted by atomic mass is 9.84. The van der Waals surface area contributed by atoms with Crippen molar-refractivity contribution in [1.82, 2.24) is 0 Å². The van der Waals surface area contributed by atoms with Gasteiger partial charge in [-0.2, -0.15) is 10.5 Å². The van der Waals surface area contributed by atoms with Crippen LogP contribution in [0.15, 0.2) is 164 Å². The molecule has 0 unspecified atom stereocenters. The van der Waals surface area contributed by atoms with E-state index in [0.717, 1.165) is 77.5 Å². The molecule has 0 saturated carbocycles. The third kappa shape index (κ3) is 70.2. The summed E-state index contributed by atoms with van der Waals surface area (Å²) in [5.74, 6) is 0. The summed E-state index contributed by atoms with van der Waals surface area (Å²) in [5.41, 5.74) is 18.6. The highest BCUT2D eigenvalue weighted by molar-refractivity contribution is 9.09. The predicted octanol–water partition coefficient (Wildman–Crippen LogP) is 11.1. The van der Waals surface area contributed by atoms with Gasteiger partial charge in [0.1, 0.15) is 4.87 Å². The largest absolute Gasteiger partial charge is 0.400 e. The average molecular weight is 1230 g/mol. The lowest BCUT2D eigenvalue weighted by molar-refractivity contribution is 0.162. The van der Waals surface area contributed by atoms with Crippen molar-refractivity contribution in [2.45, 2.75) is 44.9 Å². The van der Waals surface area contributed by atoms with Crippen molar-refractivity contribution in [2.24, 2.45) is 11.5 Å². The van der Waals surface area contributed by atoms with E-state index in [2.05, 4.69) is 96.5 Å². The highest BCUT2D eigenvalue weighted by atomic mass is 79.9. The molecule has 19 heteroatoms. The van der Waals surface area contributed by atoms with Crippen molar-refractivity contribution in [3.63, 3.8) is 0 Å². The zero-order valence-corrected chi connectivity index (χ0v) is 51.8. The number of alkyl halides is 4. The first-order valence-electron chi connectivity index (χ1n) is 23.4. The summed E-state index contributed by atoms with van der Waals surface area (Å²) >= 11 is 19.9. The van der Waals surface area contributed by atoms with Crippen LogP contribution in [0, 0.1) is 22.7 Å². The lowest BCUT2D eigenvalue weighted by Gasteiger charge is -2.29. The Hall–Kier alpha value is -3.76. The lowest BCUT2D eigenvalue weighted by Crippen LogP contribution is -2.22. The van der Waals surface area contributed by atoms with Gasteiger partial charge in [-0.25, -0.2) is 0 Å². The maximum absolute atomic E-state index is 8.31. The monoisotopic (exact) mass is 1230 g/mol. The molecule has 14 nitrogen and oxygen atoms in total. The van der Waals surface area contributed by atoms with Crippen molar-refractivity contribution in [3.8, 4) is 12.1 Å². The van der Waals surface area contributed by atoms with Crippen molar-refractivity contribution in [3.05, 3.63) is 181 Å². The first kappa shape index (κ1) is 92.6. The van der Waals surface area contributed by atoms with E-state index in [-0.39, 0.29) is 44.2 Å². The number of halogens is 5. The van der Waals surface area contributed by atoms with Gasteiger partial charge in [0.25, 0.3) is 0 Å². The average Bonchev–Trinajstić information content (AvgIpc) is 3.44. The van der Waals surface area contributed by atoms with Crippen LogP contribution in [0.2, 0.25) is 0 Å². The zero-order chi connectivity index (χ0) is 60.3. The maximum atomic E-state index is 8.31. The van der Waals surface area contributed by atoms with Gasteiger partial charge in [-0.3, -0.25) is 0 Å². The molecule has 0 heterocycles. The second-order valence-electron chi connectivity index (χ2n) is 14.3. The number of hydrogen-bond acceptors (Lipinski definition) is 14. The molecule has 0 aliphatic heterocycles. The molecular weight excluding hydrogens is 1130 g/mol. The van der Waals surface area contributed by atoms with E-state index in [1.165, 1.54) is 6.92 Å². The minimum atomic E-state index is -0.649. The number of rotatable bonds is 23. The molecule has 0 amide bonds. The smallest absolute Gasteiger partial charge is 0.119 e. The molecule has 0 atom stereocenters. The summed E-state index contributed by atoms with van der Waals surface area (Å²) < 4.78 is 23.7. The molecule has 0 aliphatic rings. The van der Waals surface area contributed by atoms with Gasteiger partial charge in [0.2, 0.25) is 0 Å². The summed E-state index contributed by atoms with van der Waals surface area (Å²) in [6, 6.07) is 34.4. The van der Waals surface area contributed by atoms with Crippen LogP contribution in [0.4, 0.5) is 0 Å². The second kappa shape index (κ2) is 78.7. The van der Waals surface area contributed by atoms with Gasteiger partial charge in [-0.05, 0) is 78.8 Å². The van der Waals surface area contributed by atoms with Gasteiger partial charge in [0.15, 0.2) is 0 Å². The third-order valence-corrected chi connectivity index (χ3v) is 9.17. The fraction of sp³-hybridized carbons (Fsp3) is 0.448. The molecule has 0 spiro atoms. The minimum Gasteiger partial charge on any atom is -0.400 e. The summed E-state index contributed by atoms with van der Waals surface area (Å²) in [4.78, 5) is -0.649. The molecule has 77 heavy (non-hydrogen) atoms. The first-order chi connectivity index (χ1) is 36.4. The van der Waals surface area contributed by atoms with Crippen molar-refractivity contribution in [2.75, 3.05) is 125 Å². The van der Waals surface area contributed by atoms with E-state index < -0.39 is 4.87 Å². The van der Waals surface area contributed by atoms with E-state index in [1.54, 1.807) is 34.5 Å². The Morgan fingerprint density at radius 3 is 1.01 bits per heavy atom. The predicted molar refractivity (Wildman–Crippen MR) is 333 cm³/mol. The van der Waals surface area contributed by atoms with E-state index in [0.29, 0.717) is 57.1 Å². The number of ether oxygens (including phenoxy) is 5. The fourth-order valence-electron chi connectivity index (χ4n) is 4.38. The quantitative estimate of drug-likeness (QED) is 0.0265. The first-order valence-corrected chi connectivity index (χ1v) is 26.0. The Kier molecular flexibility index (Phi) is 94.7. The summed E-state index contributed by atoms with van der Waals surface area (Å²) in [7, 11) is 7.47. The number of nitrogens with zero attached hydrogens (tertiary/aromatic N) is 2. The highest BCUT2D eigenvalue weighted by Crippen LogP contribution is 2.42. The van der Waals surface area contributed by atoms with Gasteiger partial charge < -0.3 is 60.7 Å². The molecule has 3 aromatic rings. The van der Waals surface area contributed by atoms with Crippen LogP contribution in [0.25, 0.3) is 0 Å². The molecule has 0 aliphatic carbocycles. The topological polar surface area (TPSA) is 247 Å². The maximum Gasteiger partial charge on any atom is 0.119 e. The highest BCUT2D eigenvalue weighted by Gasteiger charge is 2.33. The molecule has 0 saturated heterocycles. The number of benzene rings is 3. The summed E-state index contributed by atoms with van der Waals surface area (Å²) in [6.45, 7) is 31.8. The van der Waals surface area contributed by atoms with Crippen LogP contribution in [-0.2, 0) is 28.6 Å². The molecule has 0 fully saturated rings. The van der Waals surface area contributed by atoms with E-state index in [9.17, 15) is 0 Å². The SMILES string of the molecule is C=C(CBr)COC.C=C(CC#N)COC.C=C(CCN)COC.C=C(CO)CCN.C=C(CO)CO.C=C(CO)COC.CC#N.CCOCC.CO.Cl.ClC(c1ccccc1)(c1ccccc1)c1ccccc1.ClCCl. The molecule has 3 rings (SSSR count). The molecule has 3 aromatic carbocycles. The molecule has 442 valence electrons. The normalized spacial score (nSPS) is 8.74. The van der Waals surface area contributed by atoms with Crippen LogP contribution in [0.1, 0.15) is 56.7 Å². The number of hydrogen-bond donors (Lipinski definition) is 7. The fourth-order valence-corrected chi connectivity index (χ4v) is 4.92. The van der Waals surface area contributed by atoms with Crippen LogP contribution < -0.4 is 11.5 Å². The summed E-state index contributed by atoms with van der Waals surface area (Å²) in [6.07, 6.45) is 2.00. The number of aliphatic hydroxyl groups is 5. The van der Waals surface area contributed by atoms with Crippen molar-refractivity contribution >= 4 is 63.1 Å².